The Morgan fingerprint density at radius 1 is 1.31 bits per heavy atom. The molecule has 0 radical (unpaired) electrons. The van der Waals surface area contributed by atoms with E-state index in [4.69, 9.17) is 10.5 Å². The summed E-state index contributed by atoms with van der Waals surface area (Å²) >= 11 is 4.31. The van der Waals surface area contributed by atoms with Gasteiger partial charge in [-0.05, 0) is 0 Å². The molecule has 0 aliphatic carbocycles. The molecule has 3 rings (SSSR count). The Hall–Kier alpha value is 1.95. The summed E-state index contributed by atoms with van der Waals surface area (Å²) < 4.78 is 25.9. The normalized spacial score (nSPS) is 23.5. The minimum absolute atomic E-state index is 0. The Morgan fingerprint density at radius 2 is 1.97 bits per heavy atom. The predicted molar refractivity (Wildman–Crippen MR) is 83.2 cm³/mol. The third kappa shape index (κ3) is 8.35. The summed E-state index contributed by atoms with van der Waals surface area (Å²) in [5.74, 6) is 0.177. The van der Waals surface area contributed by atoms with Crippen molar-refractivity contribution in [1.29, 1.82) is 0 Å². The van der Waals surface area contributed by atoms with E-state index in [0.717, 1.165) is 0 Å². The second-order valence-corrected chi connectivity index (χ2v) is 9.33. The van der Waals surface area contributed by atoms with Crippen LogP contribution < -0.4 is 109 Å². The number of hydrogen-bond donors (Lipinski definition) is 2. The summed E-state index contributed by atoms with van der Waals surface area (Å²) in [5, 5.41) is 10.1. The summed E-state index contributed by atoms with van der Waals surface area (Å²) in [6, 6.07) is 0. The maximum Gasteiger partial charge on any atom is 1.00 e. The van der Waals surface area contributed by atoms with Crippen LogP contribution in [0.4, 0.5) is 5.82 Å². The van der Waals surface area contributed by atoms with Gasteiger partial charge < -0.3 is 43.7 Å². The second-order valence-electron chi connectivity index (χ2n) is 5.29. The van der Waals surface area contributed by atoms with E-state index in [1.165, 1.54) is 17.2 Å². The third-order valence-corrected chi connectivity index (χ3v) is 6.48. The molecule has 13 nitrogen and oxygen atoms in total. The maximum absolute atomic E-state index is 11.6. The van der Waals surface area contributed by atoms with Gasteiger partial charge >= 0.3 is 88.7 Å². The van der Waals surface area contributed by atoms with Crippen molar-refractivity contribution in [3.63, 3.8) is 0 Å². The molecule has 0 amide bonds. The Labute approximate surface area is 236 Å². The number of fused-ring (bicyclic) bond motifs is 1. The quantitative estimate of drug-likeness (QED) is 0.284. The molecule has 0 bridgehead atoms. The number of rotatable bonds is 6. The zero-order valence-corrected chi connectivity index (χ0v) is 24.4. The van der Waals surface area contributed by atoms with Crippen molar-refractivity contribution < 1.29 is 127 Å². The molecule has 0 saturated carbocycles. The fraction of sp³-hybridized carbons (Fsp3) is 0.500. The van der Waals surface area contributed by atoms with Gasteiger partial charge in [-0.25, -0.2) is 15.0 Å². The molecule has 2 aromatic rings. The van der Waals surface area contributed by atoms with Gasteiger partial charge in [-0.3, -0.25) is 4.57 Å². The number of nitrogens with two attached hydrogens (primary N) is 1. The average molecular weight is 493 g/mol. The van der Waals surface area contributed by atoms with Crippen molar-refractivity contribution >= 4 is 43.3 Å². The molecular formula is C10H12N5Na3O8P2S. The number of aliphatic hydroxyl groups excluding tert-OH is 1. The Balaban J connectivity index is 0.00000261. The number of phosphoric acid groups is 1. The monoisotopic (exact) mass is 493 g/mol. The number of aromatic nitrogens is 4. The molecule has 2 aromatic heterocycles. The molecule has 1 fully saturated rings. The van der Waals surface area contributed by atoms with Crippen LogP contribution in [0.25, 0.3) is 11.2 Å². The van der Waals surface area contributed by atoms with Gasteiger partial charge in [0.15, 0.2) is 11.5 Å². The van der Waals surface area contributed by atoms with Crippen molar-refractivity contribution in [3.8, 4) is 0 Å². The van der Waals surface area contributed by atoms with E-state index >= 15 is 0 Å². The molecule has 29 heavy (non-hydrogen) atoms. The molecule has 1 aliphatic heterocycles. The molecule has 3 N–H and O–H groups in total. The number of nitrogens with zero attached hydrogens (tertiary/aromatic N) is 4. The number of hydrogen-bond acceptors (Lipinski definition) is 13. The first-order chi connectivity index (χ1) is 12.1. The molecule has 4 unspecified atom stereocenters. The van der Waals surface area contributed by atoms with Gasteiger partial charge in [-0.1, -0.05) is 11.8 Å². The van der Waals surface area contributed by atoms with E-state index in [1.54, 1.807) is 0 Å². The summed E-state index contributed by atoms with van der Waals surface area (Å²) in [7, 11) is -5.58. The predicted octanol–water partition coefficient (Wildman–Crippen LogP) is -11.5. The molecule has 0 spiro atoms. The van der Waals surface area contributed by atoms with Crippen LogP contribution in [0.1, 0.15) is 12.6 Å². The Morgan fingerprint density at radius 3 is 2.59 bits per heavy atom. The fourth-order valence-corrected chi connectivity index (χ4v) is 4.84. The van der Waals surface area contributed by atoms with Gasteiger partial charge in [0.25, 0.3) is 0 Å². The topological polar surface area (TPSA) is 204 Å². The van der Waals surface area contributed by atoms with Gasteiger partial charge in [0.05, 0.1) is 26.9 Å². The number of aliphatic hydroxyl groups is 1. The minimum Gasteiger partial charge on any atom is -0.790 e. The number of anilines is 1. The Bertz CT molecular complexity index is 919. The van der Waals surface area contributed by atoms with Gasteiger partial charge in [0.1, 0.15) is 30.9 Å². The number of nitrogen functional groups attached to an aromatic ring is 1. The summed E-state index contributed by atoms with van der Waals surface area (Å²) in [4.78, 5) is 44.5. The van der Waals surface area contributed by atoms with Crippen LogP contribution >= 0.6 is 14.5 Å². The summed E-state index contributed by atoms with van der Waals surface area (Å²) in [6.45, 7) is -5.12. The number of imidazole rings is 1. The molecule has 3 heterocycles. The first kappa shape index (κ1) is 30.9. The van der Waals surface area contributed by atoms with E-state index in [2.05, 4.69) is 35.6 Å². The number of ether oxygens (including phenoxy) is 1. The molecule has 0 aromatic carbocycles. The van der Waals surface area contributed by atoms with Crippen LogP contribution in [0.15, 0.2) is 12.7 Å². The first-order valence-electron chi connectivity index (χ1n) is 7.01. The summed E-state index contributed by atoms with van der Waals surface area (Å²) in [6.07, 6.45) is -0.00651. The molecule has 19 heteroatoms. The van der Waals surface area contributed by atoms with Crippen molar-refractivity contribution in [2.45, 2.75) is 24.9 Å². The van der Waals surface area contributed by atoms with E-state index in [9.17, 15) is 24.4 Å². The van der Waals surface area contributed by atoms with Crippen molar-refractivity contribution in [2.24, 2.45) is 0 Å². The van der Waals surface area contributed by atoms with Gasteiger partial charge in [0, 0.05) is 6.42 Å². The van der Waals surface area contributed by atoms with Crippen LogP contribution in [0.2, 0.25) is 0 Å². The van der Waals surface area contributed by atoms with Crippen molar-refractivity contribution in [2.75, 3.05) is 12.3 Å². The first-order valence-corrected chi connectivity index (χ1v) is 11.0. The zero-order chi connectivity index (χ0) is 19.1. The van der Waals surface area contributed by atoms with Gasteiger partial charge in [-0.2, -0.15) is 0 Å². The van der Waals surface area contributed by atoms with E-state index < -0.39 is 39.6 Å². The van der Waals surface area contributed by atoms with Crippen LogP contribution in [-0.2, 0) is 29.9 Å². The second kappa shape index (κ2) is 12.4. The summed E-state index contributed by atoms with van der Waals surface area (Å²) in [5.41, 5.74) is 6.44. The minimum atomic E-state index is -5.58. The van der Waals surface area contributed by atoms with Crippen LogP contribution in [0, 0.1) is 0 Å². The van der Waals surface area contributed by atoms with Crippen LogP contribution in [0.5, 0.6) is 0 Å². The van der Waals surface area contributed by atoms with E-state index in [0.29, 0.717) is 11.2 Å². The standard InChI is InChI=1S/C10H15N5O8P2S.3Na/c11-9-8-10(13-3-12-9)15(4-14-8)7-1-5(16)6(22-7)2-21-25(20,26)23-24(17,18)19;;;/h3-7,16H,1-2H2,(H,20,26)(H2,11,12,13)(H2,17,18,19);;;/q;3*+1/p-3. The molecule has 1 aliphatic rings. The van der Waals surface area contributed by atoms with Crippen LogP contribution in [0.3, 0.4) is 0 Å². The third-order valence-electron chi connectivity index (χ3n) is 3.50. The molecular weight excluding hydrogens is 481 g/mol. The van der Waals surface area contributed by atoms with E-state index in [1.807, 2.05) is 0 Å². The van der Waals surface area contributed by atoms with Gasteiger partial charge in [0.2, 0.25) is 0 Å². The smallest absolute Gasteiger partial charge is 0.790 e. The Kier molecular flexibility index (Phi) is 13.3. The van der Waals surface area contributed by atoms with Crippen molar-refractivity contribution in [1.82, 2.24) is 19.5 Å². The molecule has 1 saturated heterocycles. The van der Waals surface area contributed by atoms with Gasteiger partial charge in [-0.15, -0.1) is 0 Å². The molecule has 144 valence electrons. The largest absolute Gasteiger partial charge is 1.00 e. The maximum atomic E-state index is 11.6. The van der Waals surface area contributed by atoms with E-state index in [-0.39, 0.29) is 101 Å². The molecule has 4 atom stereocenters. The SMILES string of the molecule is Nc1ncnc2c1ncn2C1CC(O)C(COP([O-])(=S)OP(=O)([O-])[O-])O1.[Na+].[Na+].[Na+]. The fourth-order valence-electron chi connectivity index (χ4n) is 2.43. The zero-order valence-electron chi connectivity index (χ0n) is 15.8. The average Bonchev–Trinajstić information content (AvgIpc) is 3.07. The van der Waals surface area contributed by atoms with Crippen LogP contribution in [-0.4, -0.2) is 43.4 Å². The van der Waals surface area contributed by atoms with Crippen molar-refractivity contribution in [3.05, 3.63) is 12.7 Å².